The molecule has 0 spiro atoms. The number of nitro groups is 1. The van der Waals surface area contributed by atoms with Crippen molar-refractivity contribution >= 4 is 5.69 Å². The summed E-state index contributed by atoms with van der Waals surface area (Å²) in [7, 11) is 1.17. The summed E-state index contributed by atoms with van der Waals surface area (Å²) in [5.41, 5.74) is -2.05. The summed E-state index contributed by atoms with van der Waals surface area (Å²) >= 11 is 0. The second-order valence-electron chi connectivity index (χ2n) is 5.79. The summed E-state index contributed by atoms with van der Waals surface area (Å²) < 4.78 is 50.7. The number of pyridine rings is 2. The SMILES string of the molecule is COc1ccc(-c2ccnc(OCc3ccccc3)c2[N+](=O)[O-])c(C(F)(F)F)n1. The highest BCUT2D eigenvalue weighted by Crippen LogP contribution is 2.42. The molecule has 2 heterocycles. The van der Waals surface area contributed by atoms with Gasteiger partial charge in [-0.3, -0.25) is 10.1 Å². The van der Waals surface area contributed by atoms with Gasteiger partial charge in [0, 0.05) is 17.8 Å². The molecule has 0 fully saturated rings. The zero-order chi connectivity index (χ0) is 21.0. The molecule has 0 atom stereocenters. The predicted octanol–water partition coefficient (Wildman–Crippen LogP) is 4.66. The second-order valence-corrected chi connectivity index (χ2v) is 5.79. The third kappa shape index (κ3) is 4.42. The number of methoxy groups -OCH3 is 1. The van der Waals surface area contributed by atoms with Crippen LogP contribution in [0, 0.1) is 10.1 Å². The van der Waals surface area contributed by atoms with Crippen molar-refractivity contribution in [1.29, 1.82) is 0 Å². The van der Waals surface area contributed by atoms with Gasteiger partial charge in [-0.1, -0.05) is 30.3 Å². The van der Waals surface area contributed by atoms with Gasteiger partial charge < -0.3 is 9.47 Å². The van der Waals surface area contributed by atoms with E-state index in [1.54, 1.807) is 30.3 Å². The summed E-state index contributed by atoms with van der Waals surface area (Å²) in [4.78, 5) is 18.1. The molecule has 0 bridgehead atoms. The van der Waals surface area contributed by atoms with E-state index in [1.807, 2.05) is 0 Å². The van der Waals surface area contributed by atoms with Gasteiger partial charge in [-0.2, -0.15) is 13.2 Å². The van der Waals surface area contributed by atoms with E-state index < -0.39 is 28.0 Å². The number of alkyl halides is 3. The summed E-state index contributed by atoms with van der Waals surface area (Å²) in [6.07, 6.45) is -3.71. The van der Waals surface area contributed by atoms with Crippen LogP contribution in [0.15, 0.2) is 54.7 Å². The first-order chi connectivity index (χ1) is 13.8. The number of benzene rings is 1. The Morgan fingerprint density at radius 2 is 1.79 bits per heavy atom. The maximum absolute atomic E-state index is 13.5. The number of halogens is 3. The molecular weight excluding hydrogens is 391 g/mol. The highest BCUT2D eigenvalue weighted by molar-refractivity contribution is 5.78. The Bertz CT molecular complexity index is 1030. The number of hydrogen-bond acceptors (Lipinski definition) is 6. The highest BCUT2D eigenvalue weighted by atomic mass is 19.4. The molecule has 0 radical (unpaired) electrons. The van der Waals surface area contributed by atoms with Crippen molar-refractivity contribution in [2.45, 2.75) is 12.8 Å². The molecule has 7 nitrogen and oxygen atoms in total. The van der Waals surface area contributed by atoms with E-state index in [0.29, 0.717) is 0 Å². The van der Waals surface area contributed by atoms with Crippen molar-refractivity contribution in [2.75, 3.05) is 7.11 Å². The Hall–Kier alpha value is -3.69. The fraction of sp³-hybridized carbons (Fsp3) is 0.158. The highest BCUT2D eigenvalue weighted by Gasteiger charge is 2.38. The fourth-order valence-corrected chi connectivity index (χ4v) is 2.65. The maximum Gasteiger partial charge on any atom is 0.434 e. The average Bonchev–Trinajstić information content (AvgIpc) is 2.71. The molecular formula is C19H14F3N3O4. The van der Waals surface area contributed by atoms with Crippen LogP contribution in [0.25, 0.3) is 11.1 Å². The lowest BCUT2D eigenvalue weighted by Crippen LogP contribution is -2.12. The van der Waals surface area contributed by atoms with Gasteiger partial charge in [-0.05, 0) is 17.7 Å². The average molecular weight is 405 g/mol. The van der Waals surface area contributed by atoms with Gasteiger partial charge in [0.15, 0.2) is 5.69 Å². The summed E-state index contributed by atoms with van der Waals surface area (Å²) in [5.74, 6) is -0.654. The molecule has 0 unspecified atom stereocenters. The number of rotatable bonds is 6. The van der Waals surface area contributed by atoms with Crippen LogP contribution in [0.1, 0.15) is 11.3 Å². The quantitative estimate of drug-likeness (QED) is 0.438. The van der Waals surface area contributed by atoms with Crippen LogP contribution in [-0.2, 0) is 12.8 Å². The van der Waals surface area contributed by atoms with Crippen LogP contribution in [0.2, 0.25) is 0 Å². The smallest absolute Gasteiger partial charge is 0.434 e. The summed E-state index contributed by atoms with van der Waals surface area (Å²) in [6, 6.07) is 12.2. The third-order valence-electron chi connectivity index (χ3n) is 3.93. The van der Waals surface area contributed by atoms with E-state index in [4.69, 9.17) is 9.47 Å². The monoisotopic (exact) mass is 405 g/mol. The van der Waals surface area contributed by atoms with Crippen LogP contribution >= 0.6 is 0 Å². The summed E-state index contributed by atoms with van der Waals surface area (Å²) in [6.45, 7) is -0.0366. The molecule has 3 aromatic rings. The molecule has 0 aliphatic heterocycles. The van der Waals surface area contributed by atoms with Gasteiger partial charge in [0.2, 0.25) is 5.88 Å². The molecule has 0 saturated carbocycles. The second kappa shape index (κ2) is 8.13. The Kier molecular flexibility index (Phi) is 5.62. The lowest BCUT2D eigenvalue weighted by molar-refractivity contribution is -0.385. The number of hydrogen-bond donors (Lipinski definition) is 0. The normalized spacial score (nSPS) is 11.2. The first kappa shape index (κ1) is 20.1. The maximum atomic E-state index is 13.5. The van der Waals surface area contributed by atoms with Gasteiger partial charge in [0.25, 0.3) is 5.88 Å². The van der Waals surface area contributed by atoms with Crippen LogP contribution in [0.4, 0.5) is 18.9 Å². The first-order valence-corrected chi connectivity index (χ1v) is 8.24. The van der Waals surface area contributed by atoms with E-state index in [9.17, 15) is 23.3 Å². The molecule has 1 aromatic carbocycles. The molecule has 0 aliphatic rings. The van der Waals surface area contributed by atoms with Crippen molar-refractivity contribution < 1.29 is 27.6 Å². The van der Waals surface area contributed by atoms with Crippen LogP contribution < -0.4 is 9.47 Å². The zero-order valence-corrected chi connectivity index (χ0v) is 15.0. The van der Waals surface area contributed by atoms with Crippen LogP contribution in [0.3, 0.4) is 0 Å². The Morgan fingerprint density at radius 1 is 1.07 bits per heavy atom. The molecule has 29 heavy (non-hydrogen) atoms. The van der Waals surface area contributed by atoms with Crippen molar-refractivity contribution in [2.24, 2.45) is 0 Å². The molecule has 0 saturated heterocycles. The molecule has 10 heteroatoms. The minimum Gasteiger partial charge on any atom is -0.481 e. The van der Waals surface area contributed by atoms with Crippen LogP contribution in [0.5, 0.6) is 11.8 Å². The van der Waals surface area contributed by atoms with Gasteiger partial charge in [-0.15, -0.1) is 0 Å². The molecule has 0 N–H and O–H groups in total. The van der Waals surface area contributed by atoms with Gasteiger partial charge in [-0.25, -0.2) is 9.97 Å². The standard InChI is InChI=1S/C19H14F3N3O4/c1-28-15-8-7-14(17(24-15)19(20,21)22)13-9-10-23-18(16(13)25(26)27)29-11-12-5-3-2-4-6-12/h2-10H,11H2,1H3. The van der Waals surface area contributed by atoms with Crippen molar-refractivity contribution in [3.8, 4) is 22.9 Å². The molecule has 0 aliphatic carbocycles. The van der Waals surface area contributed by atoms with E-state index >= 15 is 0 Å². The fourth-order valence-electron chi connectivity index (χ4n) is 2.65. The van der Waals surface area contributed by atoms with E-state index in [0.717, 1.165) is 23.9 Å². The predicted molar refractivity (Wildman–Crippen MR) is 96.5 cm³/mol. The van der Waals surface area contributed by atoms with E-state index in [-0.39, 0.29) is 23.9 Å². The number of aromatic nitrogens is 2. The van der Waals surface area contributed by atoms with Crippen LogP contribution in [-0.4, -0.2) is 22.0 Å². The van der Waals surface area contributed by atoms with Crippen molar-refractivity contribution in [3.05, 3.63) is 76.1 Å². The minimum atomic E-state index is -4.86. The minimum absolute atomic E-state index is 0.0366. The number of nitrogens with zero attached hydrogens (tertiary/aromatic N) is 3. The molecule has 0 amide bonds. The van der Waals surface area contributed by atoms with Gasteiger partial charge in [0.1, 0.15) is 6.61 Å². The topological polar surface area (TPSA) is 87.4 Å². The molecule has 2 aromatic heterocycles. The van der Waals surface area contributed by atoms with Crippen molar-refractivity contribution in [1.82, 2.24) is 9.97 Å². The Balaban J connectivity index is 2.10. The van der Waals surface area contributed by atoms with Crippen molar-refractivity contribution in [3.63, 3.8) is 0 Å². The first-order valence-electron chi connectivity index (χ1n) is 8.24. The van der Waals surface area contributed by atoms with Gasteiger partial charge in [0.05, 0.1) is 17.6 Å². The summed E-state index contributed by atoms with van der Waals surface area (Å²) in [5, 5.41) is 11.7. The van der Waals surface area contributed by atoms with Gasteiger partial charge >= 0.3 is 11.9 Å². The lowest BCUT2D eigenvalue weighted by atomic mass is 10.0. The molecule has 150 valence electrons. The largest absolute Gasteiger partial charge is 0.481 e. The molecule has 3 rings (SSSR count). The Labute approximate surface area is 162 Å². The lowest BCUT2D eigenvalue weighted by Gasteiger charge is -2.14. The zero-order valence-electron chi connectivity index (χ0n) is 15.0. The Morgan fingerprint density at radius 3 is 2.41 bits per heavy atom. The third-order valence-corrected chi connectivity index (χ3v) is 3.93. The number of ether oxygens (including phenoxy) is 2. The van der Waals surface area contributed by atoms with E-state index in [1.165, 1.54) is 13.2 Å². The van der Waals surface area contributed by atoms with E-state index in [2.05, 4.69) is 9.97 Å².